The van der Waals surface area contributed by atoms with Gasteiger partial charge in [0.15, 0.2) is 0 Å². The number of nitrogens with two attached hydrogens (primary N) is 2. The minimum Gasteiger partial charge on any atom is -0.744 e. The molecule has 7 nitrogen and oxygen atoms in total. The zero-order valence-electron chi connectivity index (χ0n) is 10.0. The number of hydrazone groups is 1. The Morgan fingerprint density at radius 1 is 1.39 bits per heavy atom. The first-order valence-electron chi connectivity index (χ1n) is 4.72. The van der Waals surface area contributed by atoms with E-state index >= 15 is 0 Å². The first-order chi connectivity index (χ1) is 8.35. The molecule has 0 aliphatic heterocycles. The maximum absolute atomic E-state index is 10.4. The lowest BCUT2D eigenvalue weighted by molar-refractivity contribution is -0.468. The maximum Gasteiger partial charge on any atom is 0.344 e. The Bertz CT molecular complexity index is 479. The van der Waals surface area contributed by atoms with Crippen molar-refractivity contribution in [1.29, 1.82) is 0 Å². The summed E-state index contributed by atoms with van der Waals surface area (Å²) < 4.78 is 31.2. The summed E-state index contributed by atoms with van der Waals surface area (Å²) in [7, 11) is -4.27. The Hall–Kier alpha value is -1.29. The maximum atomic E-state index is 10.4. The highest BCUT2D eigenvalue weighted by atomic mass is 32.2. The standard InChI is InChI=1S/C7H8O3S.C2H8N4S/c1-6-2-4-7(5-3-6)11(8,9)10;1-7-2(5-3)6-4/h2-5H,1H3,(H,8,9,10);3-4H2,1H3,(H,5,6). The third-order valence-electron chi connectivity index (χ3n) is 1.78. The van der Waals surface area contributed by atoms with Crippen molar-refractivity contribution in [1.82, 2.24) is 5.43 Å². The van der Waals surface area contributed by atoms with E-state index in [1.165, 1.54) is 23.9 Å². The average Bonchev–Trinajstić information content (AvgIpc) is 2.31. The van der Waals surface area contributed by atoms with Crippen molar-refractivity contribution < 1.29 is 18.1 Å². The molecule has 0 heterocycles. The molecule has 0 bridgehead atoms. The summed E-state index contributed by atoms with van der Waals surface area (Å²) in [5, 5.41) is 3.00. The van der Waals surface area contributed by atoms with Gasteiger partial charge in [-0.3, -0.25) is 5.84 Å². The molecule has 6 N–H and O–H groups in total. The first-order valence-corrected chi connectivity index (χ1v) is 7.35. The van der Waals surface area contributed by atoms with Crippen molar-refractivity contribution in [3.05, 3.63) is 29.8 Å². The molecule has 0 aliphatic rings. The number of nitrogens with one attached hydrogen (secondary N) is 2. The molecule has 0 saturated carbocycles. The van der Waals surface area contributed by atoms with Crippen LogP contribution in [0.4, 0.5) is 0 Å². The van der Waals surface area contributed by atoms with Gasteiger partial charge in [-0.2, -0.15) is 16.4 Å². The van der Waals surface area contributed by atoms with Gasteiger partial charge >= 0.3 is 5.17 Å². The molecule has 1 rings (SSSR count). The summed E-state index contributed by atoms with van der Waals surface area (Å²) in [6, 6.07) is 5.78. The Kier molecular flexibility index (Phi) is 7.36. The molecule has 0 radical (unpaired) electrons. The summed E-state index contributed by atoms with van der Waals surface area (Å²) >= 11 is 1.41. The Morgan fingerprint density at radius 3 is 2.11 bits per heavy atom. The highest BCUT2D eigenvalue weighted by Crippen LogP contribution is 2.08. The molecule has 0 amide bonds. The molecule has 0 saturated heterocycles. The Morgan fingerprint density at radius 2 is 1.89 bits per heavy atom. The second-order valence-electron chi connectivity index (χ2n) is 3.09. The van der Waals surface area contributed by atoms with Gasteiger partial charge in [0.2, 0.25) is 0 Å². The van der Waals surface area contributed by atoms with E-state index in [0.717, 1.165) is 5.56 Å². The number of hydrogen-bond acceptors (Lipinski definition) is 6. The molecule has 0 spiro atoms. The van der Waals surface area contributed by atoms with Gasteiger partial charge in [-0.25, -0.2) is 8.42 Å². The molecule has 0 unspecified atom stereocenters. The highest BCUT2D eigenvalue weighted by Gasteiger charge is 1.97. The van der Waals surface area contributed by atoms with Crippen LogP contribution in [0, 0.1) is 6.92 Å². The molecule has 0 aliphatic carbocycles. The summed E-state index contributed by atoms with van der Waals surface area (Å²) in [6.45, 7) is 1.82. The number of benzene rings is 1. The lowest BCUT2D eigenvalue weighted by Crippen LogP contribution is -2.82. The van der Waals surface area contributed by atoms with Crippen LogP contribution in [0.1, 0.15) is 5.56 Å². The van der Waals surface area contributed by atoms with E-state index in [1.807, 2.05) is 13.2 Å². The fourth-order valence-electron chi connectivity index (χ4n) is 0.864. The van der Waals surface area contributed by atoms with Crippen molar-refractivity contribution in [2.75, 3.05) is 6.26 Å². The van der Waals surface area contributed by atoms with E-state index in [0.29, 0.717) is 5.17 Å². The van der Waals surface area contributed by atoms with Crippen LogP contribution in [-0.4, -0.2) is 24.4 Å². The van der Waals surface area contributed by atoms with Crippen molar-refractivity contribution in [2.24, 2.45) is 11.7 Å². The summed E-state index contributed by atoms with van der Waals surface area (Å²) in [4.78, 5) is -0.178. The third kappa shape index (κ3) is 6.45. The van der Waals surface area contributed by atoms with Crippen molar-refractivity contribution in [2.45, 2.75) is 11.8 Å². The number of thioether (sulfide) groups is 1. The van der Waals surface area contributed by atoms with Crippen LogP contribution in [-0.2, 0) is 10.1 Å². The third-order valence-corrected chi connectivity index (χ3v) is 3.27. The van der Waals surface area contributed by atoms with E-state index in [2.05, 4.69) is 10.5 Å². The van der Waals surface area contributed by atoms with Crippen LogP contribution in [0.2, 0.25) is 0 Å². The second-order valence-corrected chi connectivity index (χ2v) is 5.29. The van der Waals surface area contributed by atoms with E-state index in [1.54, 1.807) is 12.1 Å². The number of amidine groups is 1. The summed E-state index contributed by atoms with van der Waals surface area (Å²) in [5.41, 5.74) is 3.27. The van der Waals surface area contributed by atoms with Crippen molar-refractivity contribution in [3.63, 3.8) is 0 Å². The van der Waals surface area contributed by atoms with Gasteiger partial charge in [0.1, 0.15) is 10.1 Å². The average molecular weight is 292 g/mol. The highest BCUT2D eigenvalue weighted by molar-refractivity contribution is 8.12. The predicted molar refractivity (Wildman–Crippen MR) is 70.1 cm³/mol. The van der Waals surface area contributed by atoms with Gasteiger partial charge in [0, 0.05) is 0 Å². The topological polar surface area (TPSA) is 135 Å². The van der Waals surface area contributed by atoms with E-state index in [4.69, 9.17) is 11.7 Å². The number of hydrogen-bond donors (Lipinski definition) is 4. The minimum atomic E-state index is -4.27. The van der Waals surface area contributed by atoms with Gasteiger partial charge in [0.05, 0.1) is 4.90 Å². The normalized spacial score (nSPS) is 11.4. The number of aryl methyl sites for hydroxylation is 1. The molecule has 102 valence electrons. The van der Waals surface area contributed by atoms with Gasteiger partial charge in [0.25, 0.3) is 0 Å². The largest absolute Gasteiger partial charge is 0.744 e. The number of hydrazine groups is 2. The summed E-state index contributed by atoms with van der Waals surface area (Å²) in [5.74, 6) is 9.89. The van der Waals surface area contributed by atoms with Crippen molar-refractivity contribution in [3.8, 4) is 0 Å². The van der Waals surface area contributed by atoms with Crippen LogP contribution in [0.15, 0.2) is 29.2 Å². The van der Waals surface area contributed by atoms with Crippen LogP contribution < -0.4 is 22.2 Å². The second kappa shape index (κ2) is 7.93. The zero-order chi connectivity index (χ0) is 14.2. The van der Waals surface area contributed by atoms with Crippen LogP contribution in [0.5, 0.6) is 0 Å². The minimum absolute atomic E-state index is 0.178. The smallest absolute Gasteiger partial charge is 0.344 e. The molecular formula is C9H16N4O3S2. The van der Waals surface area contributed by atoms with Crippen LogP contribution in [0.25, 0.3) is 0 Å². The fourth-order valence-corrected chi connectivity index (χ4v) is 1.57. The van der Waals surface area contributed by atoms with Gasteiger partial charge < -0.3 is 4.55 Å². The van der Waals surface area contributed by atoms with Crippen LogP contribution >= 0.6 is 11.8 Å². The molecule has 18 heavy (non-hydrogen) atoms. The molecular weight excluding hydrogens is 276 g/mol. The van der Waals surface area contributed by atoms with Gasteiger partial charge in [-0.15, -0.1) is 0 Å². The van der Waals surface area contributed by atoms with E-state index < -0.39 is 10.1 Å². The van der Waals surface area contributed by atoms with E-state index in [-0.39, 0.29) is 4.90 Å². The monoisotopic (exact) mass is 292 g/mol. The molecule has 0 fully saturated rings. The quantitative estimate of drug-likeness (QED) is 0.155. The van der Waals surface area contributed by atoms with Crippen LogP contribution in [0.3, 0.4) is 0 Å². The SMILES string of the molecule is CSC(NN)=[NH+]N.Cc1ccc(S(=O)(=O)[O-])cc1. The Balaban J connectivity index is 0.000000360. The van der Waals surface area contributed by atoms with E-state index in [9.17, 15) is 13.0 Å². The lowest BCUT2D eigenvalue weighted by atomic mass is 10.2. The zero-order valence-corrected chi connectivity index (χ0v) is 11.6. The molecule has 1 aromatic carbocycles. The summed E-state index contributed by atoms with van der Waals surface area (Å²) in [6.07, 6.45) is 1.86. The molecule has 0 aromatic heterocycles. The molecule has 0 atom stereocenters. The van der Waals surface area contributed by atoms with Gasteiger partial charge in [-0.05, 0) is 37.1 Å². The Labute approximate surface area is 110 Å². The molecule has 1 aromatic rings. The first kappa shape index (κ1) is 16.7. The molecule has 9 heteroatoms. The number of rotatable bonds is 1. The lowest BCUT2D eigenvalue weighted by Gasteiger charge is -2.05. The van der Waals surface area contributed by atoms with Crippen molar-refractivity contribution >= 4 is 27.0 Å². The predicted octanol–water partition coefficient (Wildman–Crippen LogP) is -1.98. The van der Waals surface area contributed by atoms with Gasteiger partial charge in [-0.1, -0.05) is 17.7 Å². The fraction of sp³-hybridized carbons (Fsp3) is 0.222.